The van der Waals surface area contributed by atoms with Crippen LogP contribution in [0.1, 0.15) is 26.7 Å². The molecule has 0 bridgehead atoms. The third kappa shape index (κ3) is 4.01. The molecule has 4 heteroatoms. The standard InChI is InChI=1S/C11H18O4/c1-3-8-14-10-7-5-6-9(15-10)11(12)13-4-2/h5,7,9-10H,3-4,6,8H2,1-2H3. The number of carbonyl (C=O) groups is 1. The Hall–Kier alpha value is -0.870. The lowest BCUT2D eigenvalue weighted by Crippen LogP contribution is -2.33. The van der Waals surface area contributed by atoms with Crippen LogP contribution in [0.3, 0.4) is 0 Å². The van der Waals surface area contributed by atoms with E-state index in [1.54, 1.807) is 6.92 Å². The maximum atomic E-state index is 11.4. The maximum absolute atomic E-state index is 11.4. The van der Waals surface area contributed by atoms with Gasteiger partial charge < -0.3 is 14.2 Å². The summed E-state index contributed by atoms with van der Waals surface area (Å²) in [6.45, 7) is 4.81. The zero-order chi connectivity index (χ0) is 11.1. The van der Waals surface area contributed by atoms with Crippen molar-refractivity contribution in [3.63, 3.8) is 0 Å². The van der Waals surface area contributed by atoms with E-state index in [1.807, 2.05) is 19.1 Å². The first kappa shape index (κ1) is 12.2. The van der Waals surface area contributed by atoms with Gasteiger partial charge in [-0.1, -0.05) is 13.0 Å². The topological polar surface area (TPSA) is 44.8 Å². The third-order valence-corrected chi connectivity index (χ3v) is 1.98. The summed E-state index contributed by atoms with van der Waals surface area (Å²) in [7, 11) is 0. The average molecular weight is 214 g/mol. The quantitative estimate of drug-likeness (QED) is 0.515. The molecular formula is C11H18O4. The molecule has 0 fully saturated rings. The summed E-state index contributed by atoms with van der Waals surface area (Å²) >= 11 is 0. The first-order valence-electron chi connectivity index (χ1n) is 5.38. The molecular weight excluding hydrogens is 196 g/mol. The highest BCUT2D eigenvalue weighted by molar-refractivity contribution is 5.75. The largest absolute Gasteiger partial charge is 0.464 e. The minimum absolute atomic E-state index is 0.313. The molecule has 0 aliphatic carbocycles. The fourth-order valence-corrected chi connectivity index (χ4v) is 1.29. The Morgan fingerprint density at radius 1 is 1.53 bits per heavy atom. The number of esters is 1. The molecule has 1 aliphatic rings. The number of hydrogen-bond donors (Lipinski definition) is 0. The minimum atomic E-state index is -0.517. The number of carbonyl (C=O) groups excluding carboxylic acids is 1. The molecule has 0 spiro atoms. The highest BCUT2D eigenvalue weighted by atomic mass is 16.7. The molecule has 1 heterocycles. The van der Waals surface area contributed by atoms with E-state index in [0.717, 1.165) is 6.42 Å². The van der Waals surface area contributed by atoms with E-state index >= 15 is 0 Å². The van der Waals surface area contributed by atoms with Crippen molar-refractivity contribution >= 4 is 5.97 Å². The molecule has 1 aliphatic heterocycles. The van der Waals surface area contributed by atoms with Crippen LogP contribution in [-0.4, -0.2) is 31.6 Å². The van der Waals surface area contributed by atoms with Gasteiger partial charge in [0.1, 0.15) is 0 Å². The number of rotatable bonds is 5. The molecule has 0 N–H and O–H groups in total. The second-order valence-corrected chi connectivity index (χ2v) is 3.28. The Morgan fingerprint density at radius 3 is 3.00 bits per heavy atom. The van der Waals surface area contributed by atoms with Crippen molar-refractivity contribution in [2.75, 3.05) is 13.2 Å². The van der Waals surface area contributed by atoms with Gasteiger partial charge in [-0.15, -0.1) is 0 Å². The molecule has 15 heavy (non-hydrogen) atoms. The Balaban J connectivity index is 2.37. The van der Waals surface area contributed by atoms with Gasteiger partial charge in [0, 0.05) is 13.0 Å². The molecule has 86 valence electrons. The van der Waals surface area contributed by atoms with Crippen LogP contribution in [-0.2, 0) is 19.0 Å². The Morgan fingerprint density at radius 2 is 2.33 bits per heavy atom. The lowest BCUT2D eigenvalue weighted by Gasteiger charge is -2.24. The molecule has 2 atom stereocenters. The predicted molar refractivity (Wildman–Crippen MR) is 55.3 cm³/mol. The molecule has 0 aromatic heterocycles. The molecule has 0 amide bonds. The van der Waals surface area contributed by atoms with Gasteiger partial charge in [0.2, 0.25) is 0 Å². The van der Waals surface area contributed by atoms with Crippen LogP contribution in [0, 0.1) is 0 Å². The minimum Gasteiger partial charge on any atom is -0.464 e. The fourth-order valence-electron chi connectivity index (χ4n) is 1.29. The molecule has 0 aromatic rings. The fraction of sp³-hybridized carbons (Fsp3) is 0.727. The van der Waals surface area contributed by atoms with Crippen LogP contribution in [0.4, 0.5) is 0 Å². The van der Waals surface area contributed by atoms with Gasteiger partial charge in [-0.25, -0.2) is 4.79 Å². The van der Waals surface area contributed by atoms with Crippen molar-refractivity contribution < 1.29 is 19.0 Å². The zero-order valence-electron chi connectivity index (χ0n) is 9.27. The maximum Gasteiger partial charge on any atom is 0.335 e. The van der Waals surface area contributed by atoms with Crippen LogP contribution >= 0.6 is 0 Å². The summed E-state index contributed by atoms with van der Waals surface area (Å²) in [6, 6.07) is 0. The zero-order valence-corrected chi connectivity index (χ0v) is 9.27. The van der Waals surface area contributed by atoms with Crippen molar-refractivity contribution in [1.29, 1.82) is 0 Å². The second-order valence-electron chi connectivity index (χ2n) is 3.28. The highest BCUT2D eigenvalue weighted by Crippen LogP contribution is 2.14. The van der Waals surface area contributed by atoms with Crippen LogP contribution in [0.2, 0.25) is 0 Å². The monoisotopic (exact) mass is 214 g/mol. The van der Waals surface area contributed by atoms with E-state index in [0.29, 0.717) is 19.6 Å². The van der Waals surface area contributed by atoms with Gasteiger partial charge in [-0.2, -0.15) is 0 Å². The predicted octanol–water partition coefficient (Wildman–Crippen LogP) is 1.65. The molecule has 4 nitrogen and oxygen atoms in total. The summed E-state index contributed by atoms with van der Waals surface area (Å²) < 4.78 is 15.7. The third-order valence-electron chi connectivity index (χ3n) is 1.98. The molecule has 2 unspecified atom stereocenters. The lowest BCUT2D eigenvalue weighted by molar-refractivity contribution is -0.183. The Labute approximate surface area is 90.2 Å². The van der Waals surface area contributed by atoms with Gasteiger partial charge in [-0.3, -0.25) is 0 Å². The molecule has 0 radical (unpaired) electrons. The summed E-state index contributed by atoms with van der Waals surface area (Å²) in [5, 5.41) is 0. The summed E-state index contributed by atoms with van der Waals surface area (Å²) in [6.07, 6.45) is 4.28. The van der Waals surface area contributed by atoms with Crippen LogP contribution < -0.4 is 0 Å². The normalized spacial score (nSPS) is 25.2. The molecule has 0 saturated carbocycles. The van der Waals surface area contributed by atoms with E-state index in [4.69, 9.17) is 14.2 Å². The van der Waals surface area contributed by atoms with E-state index in [2.05, 4.69) is 0 Å². The van der Waals surface area contributed by atoms with Crippen molar-refractivity contribution in [3.8, 4) is 0 Å². The van der Waals surface area contributed by atoms with Gasteiger partial charge in [0.25, 0.3) is 0 Å². The smallest absolute Gasteiger partial charge is 0.335 e. The van der Waals surface area contributed by atoms with Gasteiger partial charge in [0.05, 0.1) is 6.61 Å². The first-order valence-corrected chi connectivity index (χ1v) is 5.38. The molecule has 1 rings (SSSR count). The van der Waals surface area contributed by atoms with Crippen LogP contribution in [0.25, 0.3) is 0 Å². The second kappa shape index (κ2) is 6.58. The van der Waals surface area contributed by atoms with E-state index in [9.17, 15) is 4.79 Å². The Kier molecular flexibility index (Phi) is 5.36. The van der Waals surface area contributed by atoms with E-state index in [-0.39, 0.29) is 5.97 Å². The molecule has 0 saturated heterocycles. The van der Waals surface area contributed by atoms with Crippen LogP contribution in [0.5, 0.6) is 0 Å². The van der Waals surface area contributed by atoms with Crippen molar-refractivity contribution in [2.45, 2.75) is 39.1 Å². The number of ether oxygens (including phenoxy) is 3. The van der Waals surface area contributed by atoms with Gasteiger partial charge in [0.15, 0.2) is 12.4 Å². The van der Waals surface area contributed by atoms with E-state index < -0.39 is 12.4 Å². The summed E-state index contributed by atoms with van der Waals surface area (Å²) in [5.74, 6) is -0.313. The summed E-state index contributed by atoms with van der Waals surface area (Å²) in [5.41, 5.74) is 0. The van der Waals surface area contributed by atoms with Gasteiger partial charge >= 0.3 is 5.97 Å². The lowest BCUT2D eigenvalue weighted by atomic mass is 10.2. The van der Waals surface area contributed by atoms with Crippen molar-refractivity contribution in [3.05, 3.63) is 12.2 Å². The SMILES string of the molecule is CCCOC1C=CCC(C(=O)OCC)O1. The van der Waals surface area contributed by atoms with Crippen molar-refractivity contribution in [2.24, 2.45) is 0 Å². The average Bonchev–Trinajstić information content (AvgIpc) is 2.27. The van der Waals surface area contributed by atoms with Crippen molar-refractivity contribution in [1.82, 2.24) is 0 Å². The first-order chi connectivity index (χ1) is 7.27. The molecule has 0 aromatic carbocycles. The highest BCUT2D eigenvalue weighted by Gasteiger charge is 2.25. The summed E-state index contributed by atoms with van der Waals surface area (Å²) in [4.78, 5) is 11.4. The van der Waals surface area contributed by atoms with Gasteiger partial charge in [-0.05, 0) is 19.4 Å². The number of hydrogen-bond acceptors (Lipinski definition) is 4. The van der Waals surface area contributed by atoms with Crippen LogP contribution in [0.15, 0.2) is 12.2 Å². The van der Waals surface area contributed by atoms with E-state index in [1.165, 1.54) is 0 Å². The Bertz CT molecular complexity index is 225.